The van der Waals surface area contributed by atoms with Crippen LogP contribution >= 0.6 is 0 Å². The van der Waals surface area contributed by atoms with Crippen LogP contribution in [0.25, 0.3) is 0 Å². The molecule has 2 amide bonds. The Kier molecular flexibility index (Phi) is 4.77. The van der Waals surface area contributed by atoms with Gasteiger partial charge in [0.2, 0.25) is 5.91 Å². The van der Waals surface area contributed by atoms with E-state index in [1.165, 1.54) is 11.0 Å². The van der Waals surface area contributed by atoms with Crippen molar-refractivity contribution < 1.29 is 22.8 Å². The van der Waals surface area contributed by atoms with Crippen molar-refractivity contribution in [2.75, 3.05) is 6.54 Å². The second kappa shape index (κ2) is 6.74. The molecule has 0 saturated heterocycles. The van der Waals surface area contributed by atoms with Gasteiger partial charge in [-0.15, -0.1) is 0 Å². The number of nitrogens with one attached hydrogen (secondary N) is 2. The predicted molar refractivity (Wildman–Crippen MR) is 88.7 cm³/mol. The Labute approximate surface area is 149 Å². The maximum absolute atomic E-state index is 13.1. The molecule has 2 N–H and O–H groups in total. The fourth-order valence-electron chi connectivity index (χ4n) is 3.17. The lowest BCUT2D eigenvalue weighted by molar-refractivity contribution is -0.137. The van der Waals surface area contributed by atoms with Crippen LogP contribution < -0.4 is 5.32 Å². The Bertz CT molecular complexity index is 757. The summed E-state index contributed by atoms with van der Waals surface area (Å²) in [5.74, 6) is -0.420. The first-order chi connectivity index (χ1) is 12.2. The van der Waals surface area contributed by atoms with Crippen molar-refractivity contribution in [3.8, 4) is 0 Å². The van der Waals surface area contributed by atoms with Crippen LogP contribution in [0.15, 0.2) is 18.2 Å². The Balaban J connectivity index is 1.91. The molecule has 140 valence electrons. The van der Waals surface area contributed by atoms with Crippen molar-refractivity contribution in [3.63, 3.8) is 0 Å². The van der Waals surface area contributed by atoms with Gasteiger partial charge in [-0.2, -0.15) is 13.2 Å². The monoisotopic (exact) mass is 367 g/mol. The summed E-state index contributed by atoms with van der Waals surface area (Å²) in [5.41, 5.74) is -0.366. The van der Waals surface area contributed by atoms with Crippen LogP contribution in [0.3, 0.4) is 0 Å². The molecule has 1 heterocycles. The van der Waals surface area contributed by atoms with Crippen LogP contribution in [0.2, 0.25) is 0 Å². The Morgan fingerprint density at radius 1 is 1.35 bits per heavy atom. The summed E-state index contributed by atoms with van der Waals surface area (Å²) >= 11 is 0. The molecule has 1 atom stereocenters. The molecule has 1 unspecified atom stereocenters. The Morgan fingerprint density at radius 3 is 2.62 bits per heavy atom. The number of alkyl halides is 3. The lowest BCUT2D eigenvalue weighted by atomic mass is 9.98. The third-order valence-electron chi connectivity index (χ3n) is 4.78. The van der Waals surface area contributed by atoms with Gasteiger partial charge in [0.15, 0.2) is 0 Å². The molecule has 1 aromatic carbocycles. The normalized spacial score (nSPS) is 19.5. The highest BCUT2D eigenvalue weighted by Gasteiger charge is 2.42. The summed E-state index contributed by atoms with van der Waals surface area (Å²) in [5, 5.41) is 9.98. The molecule has 1 fully saturated rings. The van der Waals surface area contributed by atoms with Crippen molar-refractivity contribution in [2.24, 2.45) is 5.92 Å². The van der Waals surface area contributed by atoms with Gasteiger partial charge in [-0.05, 0) is 42.5 Å². The molecule has 0 aromatic heterocycles. The summed E-state index contributed by atoms with van der Waals surface area (Å²) in [7, 11) is 0. The number of amidine groups is 1. The van der Waals surface area contributed by atoms with Crippen LogP contribution in [0.1, 0.15) is 60.1 Å². The second-order valence-corrected chi connectivity index (χ2v) is 6.80. The SMILES string of the molecule is CCC(=N)NC(=O)CC1c2cc(C(F)(F)F)ccc2C(=O)N1CC1CC1. The summed E-state index contributed by atoms with van der Waals surface area (Å²) in [6, 6.07) is 2.35. The van der Waals surface area contributed by atoms with Crippen molar-refractivity contribution >= 4 is 17.6 Å². The van der Waals surface area contributed by atoms with Crippen molar-refractivity contribution in [2.45, 2.75) is 44.8 Å². The van der Waals surface area contributed by atoms with E-state index >= 15 is 0 Å². The highest BCUT2D eigenvalue weighted by atomic mass is 19.4. The van der Waals surface area contributed by atoms with Gasteiger partial charge in [0.05, 0.1) is 23.9 Å². The number of carbonyl (C=O) groups is 2. The zero-order valence-electron chi connectivity index (χ0n) is 14.3. The Hall–Kier alpha value is -2.38. The summed E-state index contributed by atoms with van der Waals surface area (Å²) < 4.78 is 39.2. The topological polar surface area (TPSA) is 73.3 Å². The van der Waals surface area contributed by atoms with E-state index in [-0.39, 0.29) is 29.3 Å². The lowest BCUT2D eigenvalue weighted by Crippen LogP contribution is -2.36. The molecule has 1 aliphatic heterocycles. The first kappa shape index (κ1) is 18.4. The van der Waals surface area contributed by atoms with Gasteiger partial charge in [0.25, 0.3) is 5.91 Å². The van der Waals surface area contributed by atoms with E-state index in [1.807, 2.05) is 0 Å². The maximum Gasteiger partial charge on any atom is 0.416 e. The quantitative estimate of drug-likeness (QED) is 0.617. The number of hydrogen-bond donors (Lipinski definition) is 2. The molecule has 5 nitrogen and oxygen atoms in total. The van der Waals surface area contributed by atoms with Gasteiger partial charge >= 0.3 is 6.18 Å². The molecule has 0 radical (unpaired) electrons. The number of fused-ring (bicyclic) bond motifs is 1. The second-order valence-electron chi connectivity index (χ2n) is 6.80. The molecule has 0 bridgehead atoms. The number of benzene rings is 1. The average Bonchev–Trinajstić information content (AvgIpc) is 3.36. The van der Waals surface area contributed by atoms with E-state index in [9.17, 15) is 22.8 Å². The van der Waals surface area contributed by atoms with Crippen LogP contribution in [0.4, 0.5) is 13.2 Å². The number of halogens is 3. The largest absolute Gasteiger partial charge is 0.416 e. The van der Waals surface area contributed by atoms with Crippen molar-refractivity contribution in [1.29, 1.82) is 5.41 Å². The summed E-state index contributed by atoms with van der Waals surface area (Å²) in [6.07, 6.45) is -2.37. The van der Waals surface area contributed by atoms with Gasteiger partial charge in [-0.1, -0.05) is 6.92 Å². The molecule has 0 spiro atoms. The fourth-order valence-corrected chi connectivity index (χ4v) is 3.17. The summed E-state index contributed by atoms with van der Waals surface area (Å²) in [6.45, 7) is 2.16. The number of rotatable bonds is 5. The van der Waals surface area contributed by atoms with Gasteiger partial charge in [-0.25, -0.2) is 0 Å². The van der Waals surface area contributed by atoms with Gasteiger partial charge in [0, 0.05) is 18.5 Å². The standard InChI is InChI=1S/C18H20F3N3O2/c1-2-15(22)23-16(25)8-14-13-7-11(18(19,20)21)5-6-12(13)17(26)24(14)9-10-3-4-10/h5-7,10,14H,2-4,8-9H2,1H3,(H2,22,23,25). The van der Waals surface area contributed by atoms with Crippen molar-refractivity contribution in [1.82, 2.24) is 10.2 Å². The van der Waals surface area contributed by atoms with E-state index in [0.29, 0.717) is 18.9 Å². The van der Waals surface area contributed by atoms with Gasteiger partial charge in [0.1, 0.15) is 0 Å². The number of nitrogens with zero attached hydrogens (tertiary/aromatic N) is 1. The summed E-state index contributed by atoms with van der Waals surface area (Å²) in [4.78, 5) is 26.4. The first-order valence-electron chi connectivity index (χ1n) is 8.60. The molecule has 1 saturated carbocycles. The molecule has 2 aliphatic rings. The van der Waals surface area contributed by atoms with E-state index in [1.54, 1.807) is 6.92 Å². The molecular formula is C18H20F3N3O2. The molecule has 1 aromatic rings. The third-order valence-corrected chi connectivity index (χ3v) is 4.78. The van der Waals surface area contributed by atoms with Crippen LogP contribution in [0, 0.1) is 11.3 Å². The number of amides is 2. The average molecular weight is 367 g/mol. The molecule has 8 heteroatoms. The smallest absolute Gasteiger partial charge is 0.331 e. The minimum absolute atomic E-state index is 0.0392. The van der Waals surface area contributed by atoms with Crippen LogP contribution in [-0.4, -0.2) is 29.1 Å². The predicted octanol–water partition coefficient (Wildman–Crippen LogP) is 3.51. The van der Waals surface area contributed by atoms with E-state index in [0.717, 1.165) is 25.0 Å². The number of carbonyl (C=O) groups excluding carboxylic acids is 2. The van der Waals surface area contributed by atoms with E-state index in [4.69, 9.17) is 5.41 Å². The molecular weight excluding hydrogens is 347 g/mol. The fraction of sp³-hybridized carbons (Fsp3) is 0.500. The van der Waals surface area contributed by atoms with Crippen molar-refractivity contribution in [3.05, 3.63) is 34.9 Å². The van der Waals surface area contributed by atoms with E-state index in [2.05, 4.69) is 5.32 Å². The maximum atomic E-state index is 13.1. The van der Waals surface area contributed by atoms with E-state index < -0.39 is 23.7 Å². The first-order valence-corrected chi connectivity index (χ1v) is 8.60. The lowest BCUT2D eigenvalue weighted by Gasteiger charge is -2.25. The highest BCUT2D eigenvalue weighted by molar-refractivity contribution is 6.01. The highest BCUT2D eigenvalue weighted by Crippen LogP contribution is 2.42. The molecule has 3 rings (SSSR count). The van der Waals surface area contributed by atoms with Crippen LogP contribution in [0.5, 0.6) is 0 Å². The number of hydrogen-bond acceptors (Lipinski definition) is 3. The zero-order chi connectivity index (χ0) is 19.1. The van der Waals surface area contributed by atoms with Crippen LogP contribution in [-0.2, 0) is 11.0 Å². The molecule has 1 aliphatic carbocycles. The minimum atomic E-state index is -4.51. The van der Waals surface area contributed by atoms with Gasteiger partial charge < -0.3 is 10.2 Å². The third kappa shape index (κ3) is 3.73. The zero-order valence-corrected chi connectivity index (χ0v) is 14.3. The Morgan fingerprint density at radius 2 is 2.04 bits per heavy atom. The minimum Gasteiger partial charge on any atom is -0.331 e. The molecule has 26 heavy (non-hydrogen) atoms. The van der Waals surface area contributed by atoms with Gasteiger partial charge in [-0.3, -0.25) is 15.0 Å².